The first-order valence-electron chi connectivity index (χ1n) is 6.12. The summed E-state index contributed by atoms with van der Waals surface area (Å²) in [5, 5.41) is 0. The maximum atomic E-state index is 9.44. The Kier molecular flexibility index (Phi) is 31.6. The zero-order chi connectivity index (χ0) is 11.8. The van der Waals surface area contributed by atoms with Gasteiger partial charge in [-0.05, 0) is 13.8 Å². The van der Waals surface area contributed by atoms with Gasteiger partial charge in [0.05, 0.1) is 0 Å². The lowest BCUT2D eigenvalue weighted by molar-refractivity contribution is -0.114. The van der Waals surface area contributed by atoms with E-state index in [4.69, 9.17) is 0 Å². The van der Waals surface area contributed by atoms with Gasteiger partial charge in [-0.15, -0.1) is 0 Å². The van der Waals surface area contributed by atoms with E-state index in [1.165, 1.54) is 52.4 Å². The monoisotopic (exact) mass is 202 g/mol. The predicted molar refractivity (Wildman–Crippen MR) is 66.8 cm³/mol. The third-order valence-corrected chi connectivity index (χ3v) is 1.46. The molecular weight excluding hydrogens is 172 g/mol. The smallest absolute Gasteiger partial charge is 0.126 e. The molecule has 0 saturated heterocycles. The molecule has 88 valence electrons. The minimum absolute atomic E-state index is 0.167. The third-order valence-electron chi connectivity index (χ3n) is 1.46. The Hall–Kier alpha value is -0.330. The van der Waals surface area contributed by atoms with Crippen molar-refractivity contribution in [1.82, 2.24) is 0 Å². The first kappa shape index (κ1) is 19.3. The standard InChI is InChI=1S/C8H18.C3H6O.C2H6/c1-3-5-7-8-6-4-2;1-3(2)4;1-2/h3-8H2,1-2H3;1-2H3;1-2H3. The van der Waals surface area contributed by atoms with Gasteiger partial charge in [-0.2, -0.15) is 0 Å². The molecule has 0 rings (SSSR count). The third kappa shape index (κ3) is 60.9. The molecule has 0 heterocycles. The molecule has 0 aliphatic rings. The summed E-state index contributed by atoms with van der Waals surface area (Å²) in [6.45, 7) is 11.6. The van der Waals surface area contributed by atoms with Crippen LogP contribution in [0.4, 0.5) is 0 Å². The number of carbonyl (C=O) groups is 1. The van der Waals surface area contributed by atoms with Crippen LogP contribution in [0, 0.1) is 0 Å². The fourth-order valence-corrected chi connectivity index (χ4v) is 0.854. The second-order valence-electron chi connectivity index (χ2n) is 3.32. The van der Waals surface area contributed by atoms with E-state index in [9.17, 15) is 4.79 Å². The lowest BCUT2D eigenvalue weighted by Crippen LogP contribution is -1.73. The molecule has 0 saturated carbocycles. The molecule has 0 radical (unpaired) electrons. The van der Waals surface area contributed by atoms with E-state index < -0.39 is 0 Å². The van der Waals surface area contributed by atoms with Crippen LogP contribution in [0.5, 0.6) is 0 Å². The van der Waals surface area contributed by atoms with Gasteiger partial charge in [-0.3, -0.25) is 0 Å². The van der Waals surface area contributed by atoms with Crippen molar-refractivity contribution in [2.24, 2.45) is 0 Å². The highest BCUT2D eigenvalue weighted by molar-refractivity contribution is 5.72. The first-order chi connectivity index (χ1) is 6.65. The molecule has 0 aromatic carbocycles. The van der Waals surface area contributed by atoms with Gasteiger partial charge in [0.2, 0.25) is 0 Å². The highest BCUT2D eigenvalue weighted by Gasteiger charge is 1.83. The molecule has 0 aromatic rings. The molecular formula is C13H30O. The van der Waals surface area contributed by atoms with Gasteiger partial charge in [0.15, 0.2) is 0 Å². The van der Waals surface area contributed by atoms with Crippen LogP contribution in [0.2, 0.25) is 0 Å². The average Bonchev–Trinajstić information content (AvgIpc) is 2.15. The van der Waals surface area contributed by atoms with E-state index in [1.54, 1.807) is 0 Å². The van der Waals surface area contributed by atoms with Gasteiger partial charge < -0.3 is 4.79 Å². The van der Waals surface area contributed by atoms with Crippen LogP contribution in [-0.2, 0) is 4.79 Å². The van der Waals surface area contributed by atoms with Crippen LogP contribution in [0.15, 0.2) is 0 Å². The van der Waals surface area contributed by atoms with Crippen LogP contribution in [0.3, 0.4) is 0 Å². The number of carbonyl (C=O) groups excluding carboxylic acids is 1. The highest BCUT2D eigenvalue weighted by atomic mass is 16.1. The summed E-state index contributed by atoms with van der Waals surface area (Å²) in [5.74, 6) is 0.167. The SMILES string of the molecule is CC.CC(C)=O.CCCCCCCC. The van der Waals surface area contributed by atoms with Crippen molar-refractivity contribution in [3.63, 3.8) is 0 Å². The van der Waals surface area contributed by atoms with E-state index in [2.05, 4.69) is 13.8 Å². The van der Waals surface area contributed by atoms with Crippen molar-refractivity contribution >= 4 is 5.78 Å². The van der Waals surface area contributed by atoms with Crippen molar-refractivity contribution in [3.8, 4) is 0 Å². The second-order valence-corrected chi connectivity index (χ2v) is 3.32. The number of ketones is 1. The summed E-state index contributed by atoms with van der Waals surface area (Å²) >= 11 is 0. The molecule has 0 fully saturated rings. The van der Waals surface area contributed by atoms with Crippen molar-refractivity contribution < 1.29 is 4.79 Å². The maximum Gasteiger partial charge on any atom is 0.126 e. The lowest BCUT2D eigenvalue weighted by atomic mass is 10.1. The second kappa shape index (κ2) is 23.0. The van der Waals surface area contributed by atoms with E-state index in [1.807, 2.05) is 13.8 Å². The summed E-state index contributed by atoms with van der Waals surface area (Å²) in [4.78, 5) is 9.44. The minimum Gasteiger partial charge on any atom is -0.300 e. The molecule has 0 unspecified atom stereocenters. The van der Waals surface area contributed by atoms with Crippen molar-refractivity contribution in [1.29, 1.82) is 0 Å². The number of rotatable bonds is 5. The molecule has 0 aliphatic carbocycles. The van der Waals surface area contributed by atoms with Crippen LogP contribution in [0.1, 0.15) is 80.1 Å². The van der Waals surface area contributed by atoms with Gasteiger partial charge in [-0.1, -0.05) is 66.2 Å². The topological polar surface area (TPSA) is 17.1 Å². The summed E-state index contributed by atoms with van der Waals surface area (Å²) in [6.07, 6.45) is 8.49. The Bertz CT molecular complexity index is 77.2. The molecule has 0 atom stereocenters. The minimum atomic E-state index is 0.167. The fourth-order valence-electron chi connectivity index (χ4n) is 0.854. The van der Waals surface area contributed by atoms with Gasteiger partial charge in [-0.25, -0.2) is 0 Å². The average molecular weight is 202 g/mol. The van der Waals surface area contributed by atoms with E-state index in [0.29, 0.717) is 0 Å². The first-order valence-corrected chi connectivity index (χ1v) is 6.12. The Morgan fingerprint density at radius 1 is 0.786 bits per heavy atom. The Labute approximate surface area is 91.3 Å². The Morgan fingerprint density at radius 2 is 1.00 bits per heavy atom. The zero-order valence-electron chi connectivity index (χ0n) is 11.2. The van der Waals surface area contributed by atoms with Crippen LogP contribution >= 0.6 is 0 Å². The van der Waals surface area contributed by atoms with Crippen LogP contribution < -0.4 is 0 Å². The normalized spacial score (nSPS) is 7.86. The maximum absolute atomic E-state index is 9.44. The number of hydrogen-bond donors (Lipinski definition) is 0. The molecule has 0 aliphatic heterocycles. The van der Waals surface area contributed by atoms with E-state index in [-0.39, 0.29) is 5.78 Å². The summed E-state index contributed by atoms with van der Waals surface area (Å²) in [6, 6.07) is 0. The molecule has 14 heavy (non-hydrogen) atoms. The molecule has 0 N–H and O–H groups in total. The molecule has 1 nitrogen and oxygen atoms in total. The number of Topliss-reactive ketones (excluding diaryl/α,β-unsaturated/α-hetero) is 1. The largest absolute Gasteiger partial charge is 0.300 e. The summed E-state index contributed by atoms with van der Waals surface area (Å²) in [7, 11) is 0. The number of unbranched alkanes of at least 4 members (excludes halogenated alkanes) is 5. The van der Waals surface area contributed by atoms with Gasteiger partial charge in [0.1, 0.15) is 5.78 Å². The quantitative estimate of drug-likeness (QED) is 0.574. The van der Waals surface area contributed by atoms with Crippen LogP contribution in [-0.4, -0.2) is 5.78 Å². The molecule has 0 aromatic heterocycles. The van der Waals surface area contributed by atoms with Crippen molar-refractivity contribution in [3.05, 3.63) is 0 Å². The molecule has 0 amide bonds. The van der Waals surface area contributed by atoms with Gasteiger partial charge in [0, 0.05) is 0 Å². The lowest BCUT2D eigenvalue weighted by Gasteiger charge is -1.93. The van der Waals surface area contributed by atoms with Gasteiger partial charge >= 0.3 is 0 Å². The molecule has 1 heteroatoms. The highest BCUT2D eigenvalue weighted by Crippen LogP contribution is 2.03. The van der Waals surface area contributed by atoms with Gasteiger partial charge in [0.25, 0.3) is 0 Å². The summed E-state index contributed by atoms with van der Waals surface area (Å²) in [5.41, 5.74) is 0. The van der Waals surface area contributed by atoms with Crippen LogP contribution in [0.25, 0.3) is 0 Å². The number of hydrogen-bond acceptors (Lipinski definition) is 1. The Morgan fingerprint density at radius 3 is 1.14 bits per heavy atom. The fraction of sp³-hybridized carbons (Fsp3) is 0.923. The molecule has 0 bridgehead atoms. The van der Waals surface area contributed by atoms with E-state index in [0.717, 1.165) is 0 Å². The Balaban J connectivity index is -0.000000170. The molecule has 0 spiro atoms. The van der Waals surface area contributed by atoms with Crippen molar-refractivity contribution in [2.75, 3.05) is 0 Å². The van der Waals surface area contributed by atoms with E-state index >= 15 is 0 Å². The summed E-state index contributed by atoms with van der Waals surface area (Å²) < 4.78 is 0. The zero-order valence-corrected chi connectivity index (χ0v) is 11.2. The van der Waals surface area contributed by atoms with Crippen molar-refractivity contribution in [2.45, 2.75) is 80.1 Å². The predicted octanol–water partition coefficient (Wildman–Crippen LogP) is 4.99.